The molecule has 12 heavy (non-hydrogen) atoms. The Morgan fingerprint density at radius 1 is 0.833 bits per heavy atom. The lowest BCUT2D eigenvalue weighted by molar-refractivity contribution is -0.426. The smallest absolute Gasteiger partial charge is 0.344 e. The summed E-state index contributed by atoms with van der Waals surface area (Å²) in [6.07, 6.45) is 0. The first-order chi connectivity index (χ1) is 4.71. The van der Waals surface area contributed by atoms with Gasteiger partial charge in [0.25, 0.3) is 0 Å². The molecule has 0 aromatic rings. The third-order valence-electron chi connectivity index (χ3n) is 0.255. The van der Waals surface area contributed by atoms with Crippen molar-refractivity contribution >= 4 is 15.6 Å². The van der Waals surface area contributed by atoms with Crippen LogP contribution in [0.4, 0.5) is 0 Å². The molecule has 10 nitrogen and oxygen atoms in total. The van der Waals surface area contributed by atoms with E-state index < -0.39 is 15.6 Å². The molecule has 0 rings (SSSR count). The molecule has 0 amide bonds. The van der Waals surface area contributed by atoms with Gasteiger partial charge in [0, 0.05) is 0 Å². The van der Waals surface area contributed by atoms with Crippen LogP contribution in [-0.2, 0) is 23.5 Å². The summed E-state index contributed by atoms with van der Waals surface area (Å²) < 4.78 is 25.6. The van der Waals surface area contributed by atoms with Gasteiger partial charge in [0.05, 0.1) is 0 Å². The SMILES string of the molecule is N.O=P(O)(O)OOOP(=O)(O)O. The summed E-state index contributed by atoms with van der Waals surface area (Å²) in [5.74, 6) is 0. The van der Waals surface area contributed by atoms with Gasteiger partial charge in [0.1, 0.15) is 0 Å². The van der Waals surface area contributed by atoms with E-state index in [-0.39, 0.29) is 6.15 Å². The monoisotopic (exact) mass is 227 g/mol. The Bertz CT molecular complexity index is 175. The first-order valence-corrected chi connectivity index (χ1v) is 4.92. The highest BCUT2D eigenvalue weighted by atomic mass is 31.2. The first-order valence-electron chi connectivity index (χ1n) is 1.86. The van der Waals surface area contributed by atoms with Crippen molar-refractivity contribution in [3.63, 3.8) is 0 Å². The summed E-state index contributed by atoms with van der Waals surface area (Å²) in [5, 5.41) is 3.04. The van der Waals surface area contributed by atoms with Gasteiger partial charge in [-0.05, 0) is 5.04 Å². The van der Waals surface area contributed by atoms with E-state index in [0.717, 1.165) is 0 Å². The minimum atomic E-state index is -4.94. The van der Waals surface area contributed by atoms with Crippen LogP contribution in [-0.4, -0.2) is 19.6 Å². The average molecular weight is 227 g/mol. The Hall–Kier alpha value is 0.140. The summed E-state index contributed by atoms with van der Waals surface area (Å²) in [4.78, 5) is 31.4. The molecule has 0 aromatic heterocycles. The molecule has 0 aliphatic heterocycles. The predicted molar refractivity (Wildman–Crippen MR) is 32.4 cm³/mol. The molecule has 0 unspecified atom stereocenters. The van der Waals surface area contributed by atoms with Crippen molar-refractivity contribution in [3.8, 4) is 0 Å². The molecule has 0 aliphatic rings. The molecule has 0 spiro atoms. The maximum atomic E-state index is 9.73. The molecule has 76 valence electrons. The van der Waals surface area contributed by atoms with Crippen LogP contribution in [0.5, 0.6) is 0 Å². The maximum absolute atomic E-state index is 9.73. The molecule has 0 bridgehead atoms. The lowest BCUT2D eigenvalue weighted by atomic mass is 14.0. The van der Waals surface area contributed by atoms with E-state index in [1.165, 1.54) is 0 Å². The molecule has 0 saturated heterocycles. The predicted octanol–water partition coefficient (Wildman–Crippen LogP) is -0.786. The molecule has 12 heteroatoms. The first kappa shape index (κ1) is 14.7. The van der Waals surface area contributed by atoms with E-state index in [0.29, 0.717) is 0 Å². The van der Waals surface area contributed by atoms with Gasteiger partial charge in [-0.2, -0.15) is 0 Å². The van der Waals surface area contributed by atoms with Crippen molar-refractivity contribution < 1.29 is 43.1 Å². The van der Waals surface area contributed by atoms with E-state index in [4.69, 9.17) is 19.6 Å². The molecule has 0 aromatic carbocycles. The summed E-state index contributed by atoms with van der Waals surface area (Å²) in [5.41, 5.74) is 0. The summed E-state index contributed by atoms with van der Waals surface area (Å²) in [6.45, 7) is 0. The Kier molecular flexibility index (Phi) is 6.10. The van der Waals surface area contributed by atoms with Crippen molar-refractivity contribution in [2.45, 2.75) is 0 Å². The molecule has 0 atom stereocenters. The van der Waals surface area contributed by atoms with Crippen molar-refractivity contribution in [1.29, 1.82) is 0 Å². The zero-order chi connectivity index (χ0) is 9.12. The van der Waals surface area contributed by atoms with Crippen molar-refractivity contribution in [2.24, 2.45) is 0 Å². The fraction of sp³-hybridized carbons (Fsp3) is 0. The van der Waals surface area contributed by atoms with E-state index in [1.807, 2.05) is 0 Å². The highest BCUT2D eigenvalue weighted by Crippen LogP contribution is 2.41. The number of rotatable bonds is 4. The molecule has 0 saturated carbocycles. The standard InChI is InChI=1S/H3N.H4O9P2/c;1-10(2,3)8-7-9-11(4,5)6/h1H3;(H2,1,2,3)(H2,4,5,6). The largest absolute Gasteiger partial charge is 0.499 e. The Labute approximate surface area is 66.0 Å². The summed E-state index contributed by atoms with van der Waals surface area (Å²) in [6, 6.07) is 0. The maximum Gasteiger partial charge on any atom is 0.499 e. The third-order valence-corrected chi connectivity index (χ3v) is 0.765. The Morgan fingerprint density at radius 3 is 1.25 bits per heavy atom. The van der Waals surface area contributed by atoms with Gasteiger partial charge in [-0.1, -0.05) is 9.35 Å². The van der Waals surface area contributed by atoms with E-state index in [1.54, 1.807) is 0 Å². The van der Waals surface area contributed by atoms with Gasteiger partial charge in [0.2, 0.25) is 0 Å². The quantitative estimate of drug-likeness (QED) is 0.232. The van der Waals surface area contributed by atoms with Crippen LogP contribution in [0.3, 0.4) is 0 Å². The van der Waals surface area contributed by atoms with Crippen molar-refractivity contribution in [3.05, 3.63) is 0 Å². The lowest BCUT2D eigenvalue weighted by Crippen LogP contribution is -1.92. The van der Waals surface area contributed by atoms with Crippen LogP contribution in [0.2, 0.25) is 0 Å². The highest BCUT2D eigenvalue weighted by Gasteiger charge is 2.21. The second kappa shape index (κ2) is 5.00. The Balaban J connectivity index is 0. The van der Waals surface area contributed by atoms with E-state index in [9.17, 15) is 9.13 Å². The summed E-state index contributed by atoms with van der Waals surface area (Å²) >= 11 is 0. The lowest BCUT2D eigenvalue weighted by Gasteiger charge is -2.02. The minimum Gasteiger partial charge on any atom is -0.344 e. The van der Waals surface area contributed by atoms with Crippen LogP contribution in [0.15, 0.2) is 0 Å². The van der Waals surface area contributed by atoms with E-state index >= 15 is 0 Å². The molecular weight excluding hydrogens is 220 g/mol. The van der Waals surface area contributed by atoms with Gasteiger partial charge in [-0.3, -0.25) is 0 Å². The molecule has 0 fully saturated rings. The number of hydrogen-bond donors (Lipinski definition) is 5. The zero-order valence-corrected chi connectivity index (χ0v) is 7.22. The van der Waals surface area contributed by atoms with Gasteiger partial charge in [0.15, 0.2) is 0 Å². The van der Waals surface area contributed by atoms with Gasteiger partial charge >= 0.3 is 15.6 Å². The fourth-order valence-electron chi connectivity index (χ4n) is 0.0929. The third kappa shape index (κ3) is 12.8. The van der Waals surface area contributed by atoms with E-state index in [2.05, 4.69) is 14.4 Å². The number of hydrogen-bond acceptors (Lipinski definition) is 6. The van der Waals surface area contributed by atoms with Crippen molar-refractivity contribution in [1.82, 2.24) is 6.15 Å². The highest BCUT2D eigenvalue weighted by molar-refractivity contribution is 7.46. The zero-order valence-electron chi connectivity index (χ0n) is 5.43. The second-order valence-electron chi connectivity index (χ2n) is 1.20. The fourth-order valence-corrected chi connectivity index (χ4v) is 0.360. The normalized spacial score (nSPS) is 12.3. The van der Waals surface area contributed by atoms with Crippen molar-refractivity contribution in [2.75, 3.05) is 0 Å². The van der Waals surface area contributed by atoms with Crippen LogP contribution in [0.1, 0.15) is 0 Å². The van der Waals surface area contributed by atoms with Gasteiger partial charge < -0.3 is 25.7 Å². The Morgan fingerprint density at radius 2 is 1.08 bits per heavy atom. The van der Waals surface area contributed by atoms with Crippen LogP contribution >= 0.6 is 15.6 Å². The molecular formula is H7NO9P2. The van der Waals surface area contributed by atoms with Crippen LogP contribution in [0, 0.1) is 0 Å². The van der Waals surface area contributed by atoms with Gasteiger partial charge in [-0.25, -0.2) is 9.13 Å². The van der Waals surface area contributed by atoms with Crippen LogP contribution in [0.25, 0.3) is 0 Å². The average Bonchev–Trinajstić information content (AvgIpc) is 1.55. The summed E-state index contributed by atoms with van der Waals surface area (Å²) in [7, 11) is -9.88. The topological polar surface area (TPSA) is 178 Å². The van der Waals surface area contributed by atoms with Crippen LogP contribution < -0.4 is 6.15 Å². The molecule has 0 heterocycles. The van der Waals surface area contributed by atoms with Gasteiger partial charge in [-0.15, -0.1) is 0 Å². The number of phosphoric acid groups is 2. The molecule has 7 N–H and O–H groups in total. The minimum absolute atomic E-state index is 0. The second-order valence-corrected chi connectivity index (χ2v) is 3.46. The molecule has 0 radical (unpaired) electrons. The molecule has 0 aliphatic carbocycles.